The van der Waals surface area contributed by atoms with E-state index in [4.69, 9.17) is 0 Å². The average molecular weight is 504 g/mol. The molecule has 0 radical (unpaired) electrons. The molecule has 0 atom stereocenters. The molecule has 1 nitrogen and oxygen atoms in total. The van der Waals surface area contributed by atoms with Gasteiger partial charge in [-0.2, -0.15) is 0 Å². The molecule has 0 aliphatic carbocycles. The Balaban J connectivity index is 0.000000251. The van der Waals surface area contributed by atoms with Crippen LogP contribution < -0.4 is 0 Å². The van der Waals surface area contributed by atoms with Crippen LogP contribution in [0.1, 0.15) is 62.5 Å². The Morgan fingerprint density at radius 1 is 1.00 bits per heavy atom. The first-order valence-electron chi connectivity index (χ1n) is 7.90. The van der Waals surface area contributed by atoms with Crippen molar-refractivity contribution in [2.45, 2.75) is 48.0 Å². The Morgan fingerprint density at radius 2 is 1.56 bits per heavy atom. The molecule has 0 aliphatic heterocycles. The lowest BCUT2D eigenvalue weighted by Gasteiger charge is -2.15. The third-order valence-electron chi connectivity index (χ3n) is 2.66. The first-order valence-corrected chi connectivity index (χ1v) is 11.2. The summed E-state index contributed by atoms with van der Waals surface area (Å²) in [4.78, 5) is 13.6. The van der Waals surface area contributed by atoms with Gasteiger partial charge in [0.05, 0.1) is 9.75 Å². The summed E-state index contributed by atoms with van der Waals surface area (Å²) in [5, 5.41) is 3.99. The lowest BCUT2D eigenvalue weighted by Crippen LogP contribution is -2.11. The van der Waals surface area contributed by atoms with Crippen molar-refractivity contribution in [1.29, 1.82) is 0 Å². The number of hydrogen-bond donors (Lipinski definition) is 0. The van der Waals surface area contributed by atoms with E-state index in [1.807, 2.05) is 22.9 Å². The molecule has 0 N–H and O–H groups in total. The second-order valence-electron chi connectivity index (χ2n) is 7.92. The topological polar surface area (TPSA) is 17.1 Å². The minimum atomic E-state index is 0.0769. The molecule has 0 saturated heterocycles. The van der Waals surface area contributed by atoms with Crippen LogP contribution >= 0.6 is 54.5 Å². The molecule has 0 aliphatic rings. The first kappa shape index (κ1) is 22.6. The largest absolute Gasteiger partial charge is 0.293 e. The van der Waals surface area contributed by atoms with Gasteiger partial charge in [0.15, 0.2) is 5.78 Å². The highest BCUT2D eigenvalue weighted by Gasteiger charge is 2.18. The molecule has 2 rings (SSSR count). The molecular formula is C20H24Br2OS2. The van der Waals surface area contributed by atoms with Crippen LogP contribution in [0.2, 0.25) is 0 Å². The fourth-order valence-corrected chi connectivity index (χ4v) is 4.30. The van der Waals surface area contributed by atoms with Crippen molar-refractivity contribution in [3.05, 3.63) is 41.6 Å². The zero-order chi connectivity index (χ0) is 19.3. The van der Waals surface area contributed by atoms with Gasteiger partial charge in [0.25, 0.3) is 0 Å². The molecule has 0 unspecified atom stereocenters. The minimum Gasteiger partial charge on any atom is -0.293 e. The smallest absolute Gasteiger partial charge is 0.173 e. The van der Waals surface area contributed by atoms with Gasteiger partial charge in [-0.1, -0.05) is 32.6 Å². The van der Waals surface area contributed by atoms with Gasteiger partial charge in [0.2, 0.25) is 0 Å². The van der Waals surface area contributed by atoms with Gasteiger partial charge in [0.1, 0.15) is 0 Å². The summed E-state index contributed by atoms with van der Waals surface area (Å²) in [6.07, 6.45) is 0.611. The number of ketones is 1. The number of hydrogen-bond acceptors (Lipinski definition) is 3. The quantitative estimate of drug-likeness (QED) is 0.299. The van der Waals surface area contributed by atoms with E-state index in [-0.39, 0.29) is 16.6 Å². The summed E-state index contributed by atoms with van der Waals surface area (Å²) < 4.78 is 2.11. The van der Waals surface area contributed by atoms with Crippen LogP contribution in [-0.2, 0) is 0 Å². The lowest BCUT2D eigenvalue weighted by molar-refractivity contribution is 0.0944. The number of Topliss-reactive ketones (excluding diaryl/α,β-unsaturated/α-hetero) is 1. The number of carbonyl (C=O) groups excluding carboxylic acids is 1. The highest BCUT2D eigenvalue weighted by atomic mass is 79.9. The molecule has 2 heterocycles. The van der Waals surface area contributed by atoms with E-state index in [1.165, 1.54) is 11.3 Å². The Kier molecular flexibility index (Phi) is 8.60. The molecule has 5 heteroatoms. The van der Waals surface area contributed by atoms with E-state index in [0.29, 0.717) is 6.42 Å². The predicted octanol–water partition coefficient (Wildman–Crippen LogP) is 8.04. The van der Waals surface area contributed by atoms with Gasteiger partial charge in [-0.05, 0) is 70.2 Å². The maximum Gasteiger partial charge on any atom is 0.173 e. The van der Waals surface area contributed by atoms with Crippen LogP contribution in [0.4, 0.5) is 0 Å². The van der Waals surface area contributed by atoms with E-state index < -0.39 is 0 Å². The van der Waals surface area contributed by atoms with Crippen LogP contribution in [0.15, 0.2) is 31.8 Å². The molecule has 0 saturated carbocycles. The standard InChI is InChI=1S/C10H13BrOS.C10H11BrS/c1-10(2,3)5-8(12)9-4-7(11)6-13-9;1-10(2,3)5-4-9-6-8(11)7-12-9/h4,6H,5H2,1-3H3;6-7H,1-3H3. The second-order valence-corrected chi connectivity index (χ2v) is 11.6. The SMILES string of the molecule is CC(C)(C)C#Cc1cc(Br)cs1.CC(C)(C)CC(=O)c1cc(Br)cs1. The third-order valence-corrected chi connectivity index (χ3v) is 6.00. The maximum absolute atomic E-state index is 11.7. The Labute approximate surface area is 176 Å². The van der Waals surface area contributed by atoms with Gasteiger partial charge in [-0.3, -0.25) is 4.79 Å². The van der Waals surface area contributed by atoms with E-state index in [9.17, 15) is 4.79 Å². The van der Waals surface area contributed by atoms with E-state index >= 15 is 0 Å². The van der Waals surface area contributed by atoms with Crippen molar-refractivity contribution in [2.75, 3.05) is 0 Å². The third kappa shape index (κ3) is 10.4. The van der Waals surface area contributed by atoms with Crippen molar-refractivity contribution in [2.24, 2.45) is 10.8 Å². The van der Waals surface area contributed by atoms with Crippen LogP contribution in [0.5, 0.6) is 0 Å². The molecular weight excluding hydrogens is 480 g/mol. The molecule has 2 aromatic heterocycles. The summed E-state index contributed by atoms with van der Waals surface area (Å²) in [6.45, 7) is 12.6. The van der Waals surface area contributed by atoms with Gasteiger partial charge in [-0.15, -0.1) is 22.7 Å². The molecule has 0 aromatic carbocycles. The van der Waals surface area contributed by atoms with Crippen LogP contribution in [0.25, 0.3) is 0 Å². The summed E-state index contributed by atoms with van der Waals surface area (Å²) in [5.74, 6) is 6.57. The van der Waals surface area contributed by atoms with Gasteiger partial charge in [-0.25, -0.2) is 0 Å². The Bertz CT molecular complexity index is 762. The Morgan fingerprint density at radius 3 is 1.96 bits per heavy atom. The molecule has 25 heavy (non-hydrogen) atoms. The van der Waals surface area contributed by atoms with Crippen molar-refractivity contribution >= 4 is 60.3 Å². The van der Waals surface area contributed by atoms with E-state index in [0.717, 1.165) is 18.7 Å². The number of rotatable bonds is 2. The Hall–Kier alpha value is -0.410. The number of halogens is 2. The monoisotopic (exact) mass is 502 g/mol. The summed E-state index contributed by atoms with van der Waals surface area (Å²) >= 11 is 9.91. The van der Waals surface area contributed by atoms with E-state index in [1.54, 1.807) is 11.3 Å². The first-order chi connectivity index (χ1) is 11.4. The van der Waals surface area contributed by atoms with Gasteiger partial charge in [0, 0.05) is 31.5 Å². The van der Waals surface area contributed by atoms with Gasteiger partial charge >= 0.3 is 0 Å². The summed E-state index contributed by atoms with van der Waals surface area (Å²) in [6, 6.07) is 3.93. The normalized spacial score (nSPS) is 11.2. The second kappa shape index (κ2) is 9.50. The van der Waals surface area contributed by atoms with Crippen molar-refractivity contribution in [3.63, 3.8) is 0 Å². The average Bonchev–Trinajstić information content (AvgIpc) is 3.03. The summed E-state index contributed by atoms with van der Waals surface area (Å²) in [5.41, 5.74) is 0.171. The predicted molar refractivity (Wildman–Crippen MR) is 119 cm³/mol. The van der Waals surface area contributed by atoms with Gasteiger partial charge < -0.3 is 0 Å². The molecule has 0 bridgehead atoms. The molecule has 136 valence electrons. The lowest BCUT2D eigenvalue weighted by atomic mass is 9.90. The minimum absolute atomic E-state index is 0.0769. The van der Waals surface area contributed by atoms with Crippen LogP contribution in [0.3, 0.4) is 0 Å². The highest BCUT2D eigenvalue weighted by Crippen LogP contribution is 2.26. The zero-order valence-corrected chi connectivity index (χ0v) is 20.3. The van der Waals surface area contributed by atoms with Crippen LogP contribution in [-0.4, -0.2) is 5.78 Å². The van der Waals surface area contributed by atoms with Crippen molar-refractivity contribution in [1.82, 2.24) is 0 Å². The number of thiophene rings is 2. The van der Waals surface area contributed by atoms with Crippen molar-refractivity contribution in [3.8, 4) is 11.8 Å². The molecule has 2 aromatic rings. The maximum atomic E-state index is 11.7. The summed E-state index contributed by atoms with van der Waals surface area (Å²) in [7, 11) is 0. The molecule has 0 amide bonds. The fraction of sp³-hybridized carbons (Fsp3) is 0.450. The molecule has 0 fully saturated rings. The zero-order valence-electron chi connectivity index (χ0n) is 15.5. The fourth-order valence-electron chi connectivity index (χ4n) is 1.66. The van der Waals surface area contributed by atoms with Crippen LogP contribution in [0, 0.1) is 22.7 Å². The van der Waals surface area contributed by atoms with Crippen molar-refractivity contribution < 1.29 is 4.79 Å². The van der Waals surface area contributed by atoms with E-state index in [2.05, 4.69) is 85.2 Å². The highest BCUT2D eigenvalue weighted by molar-refractivity contribution is 9.10. The number of carbonyl (C=O) groups is 1. The molecule has 0 spiro atoms.